The van der Waals surface area contributed by atoms with Crippen molar-refractivity contribution >= 4 is 11.9 Å². The zero-order valence-electron chi connectivity index (χ0n) is 11.5. The third kappa shape index (κ3) is 3.17. The molecule has 2 aliphatic rings. The summed E-state index contributed by atoms with van der Waals surface area (Å²) in [5.41, 5.74) is 0. The Labute approximate surface area is 114 Å². The first-order valence-corrected chi connectivity index (χ1v) is 7.30. The van der Waals surface area contributed by atoms with Gasteiger partial charge in [0, 0.05) is 13.1 Å². The fourth-order valence-electron chi connectivity index (χ4n) is 3.27. The van der Waals surface area contributed by atoms with E-state index < -0.39 is 11.9 Å². The summed E-state index contributed by atoms with van der Waals surface area (Å²) >= 11 is 0. The number of amides is 1. The Bertz CT molecular complexity index is 378. The lowest BCUT2D eigenvalue weighted by Gasteiger charge is -2.28. The molecule has 1 amide bonds. The van der Waals surface area contributed by atoms with Crippen molar-refractivity contribution in [3.63, 3.8) is 0 Å². The van der Waals surface area contributed by atoms with Crippen LogP contribution in [0.3, 0.4) is 0 Å². The van der Waals surface area contributed by atoms with Crippen LogP contribution in [0.15, 0.2) is 12.2 Å². The molecular weight excluding hydrogens is 242 g/mol. The minimum atomic E-state index is -0.841. The summed E-state index contributed by atoms with van der Waals surface area (Å²) in [6, 6.07) is 0. The quantitative estimate of drug-likeness (QED) is 0.793. The molecular formula is C15H23NO3. The van der Waals surface area contributed by atoms with Gasteiger partial charge in [0.15, 0.2) is 0 Å². The van der Waals surface area contributed by atoms with Crippen molar-refractivity contribution in [3.05, 3.63) is 12.2 Å². The van der Waals surface area contributed by atoms with Crippen LogP contribution in [0, 0.1) is 17.8 Å². The monoisotopic (exact) mass is 265 g/mol. The lowest BCUT2D eigenvalue weighted by atomic mass is 9.82. The van der Waals surface area contributed by atoms with Crippen LogP contribution in [0.25, 0.3) is 0 Å². The number of allylic oxidation sites excluding steroid dienone is 2. The fraction of sp³-hybridized carbons (Fsp3) is 0.733. The molecule has 1 aliphatic carbocycles. The van der Waals surface area contributed by atoms with Crippen LogP contribution in [0.5, 0.6) is 0 Å². The molecule has 0 bridgehead atoms. The van der Waals surface area contributed by atoms with E-state index in [1.807, 2.05) is 17.1 Å². The van der Waals surface area contributed by atoms with E-state index in [1.165, 1.54) is 0 Å². The highest BCUT2D eigenvalue weighted by atomic mass is 16.4. The Kier molecular flexibility index (Phi) is 4.61. The van der Waals surface area contributed by atoms with Gasteiger partial charge >= 0.3 is 5.97 Å². The number of hydrogen-bond acceptors (Lipinski definition) is 2. The minimum absolute atomic E-state index is 0.0513. The van der Waals surface area contributed by atoms with Gasteiger partial charge in [-0.25, -0.2) is 0 Å². The summed E-state index contributed by atoms with van der Waals surface area (Å²) in [4.78, 5) is 25.6. The van der Waals surface area contributed by atoms with Crippen LogP contribution in [-0.4, -0.2) is 35.0 Å². The maximum atomic E-state index is 12.5. The summed E-state index contributed by atoms with van der Waals surface area (Å²) in [7, 11) is 0. The first-order chi connectivity index (χ1) is 9.13. The van der Waals surface area contributed by atoms with Gasteiger partial charge in [-0.15, -0.1) is 0 Å². The molecule has 4 nitrogen and oxygen atoms in total. The second-order valence-corrected chi connectivity index (χ2v) is 5.72. The van der Waals surface area contributed by atoms with Gasteiger partial charge in [-0.3, -0.25) is 9.59 Å². The molecule has 0 aromatic heterocycles. The van der Waals surface area contributed by atoms with Crippen molar-refractivity contribution in [2.75, 3.05) is 13.1 Å². The first kappa shape index (κ1) is 14.1. The SMILES string of the molecule is CCCC1CCN(C(=O)C2CC=CCC2C(=O)O)C1. The van der Waals surface area contributed by atoms with E-state index in [4.69, 9.17) is 0 Å². The molecule has 3 unspecified atom stereocenters. The highest BCUT2D eigenvalue weighted by molar-refractivity contribution is 5.85. The second-order valence-electron chi connectivity index (χ2n) is 5.72. The van der Waals surface area contributed by atoms with Crippen LogP contribution in [0.2, 0.25) is 0 Å². The Morgan fingerprint density at radius 2 is 1.95 bits per heavy atom. The molecule has 2 rings (SSSR count). The average molecular weight is 265 g/mol. The van der Waals surface area contributed by atoms with Gasteiger partial charge in [0.25, 0.3) is 0 Å². The van der Waals surface area contributed by atoms with Gasteiger partial charge < -0.3 is 10.0 Å². The number of carboxylic acid groups (broad SMARTS) is 1. The molecule has 1 aliphatic heterocycles. The summed E-state index contributed by atoms with van der Waals surface area (Å²) in [5, 5.41) is 9.23. The summed E-state index contributed by atoms with van der Waals surface area (Å²) in [5.74, 6) is -1.08. The van der Waals surface area contributed by atoms with E-state index in [0.29, 0.717) is 18.8 Å². The zero-order chi connectivity index (χ0) is 13.8. The van der Waals surface area contributed by atoms with E-state index in [0.717, 1.165) is 32.4 Å². The second kappa shape index (κ2) is 6.22. The first-order valence-electron chi connectivity index (χ1n) is 7.30. The molecule has 0 radical (unpaired) electrons. The number of rotatable bonds is 4. The van der Waals surface area contributed by atoms with Gasteiger partial charge in [0.05, 0.1) is 11.8 Å². The number of likely N-dealkylation sites (tertiary alicyclic amines) is 1. The van der Waals surface area contributed by atoms with Crippen LogP contribution in [0.4, 0.5) is 0 Å². The third-order valence-electron chi connectivity index (χ3n) is 4.36. The Morgan fingerprint density at radius 1 is 1.26 bits per heavy atom. The number of carbonyl (C=O) groups is 2. The highest BCUT2D eigenvalue weighted by Gasteiger charge is 2.38. The highest BCUT2D eigenvalue weighted by Crippen LogP contribution is 2.30. The van der Waals surface area contributed by atoms with E-state index in [2.05, 4.69) is 6.92 Å². The van der Waals surface area contributed by atoms with Crippen molar-refractivity contribution in [3.8, 4) is 0 Å². The van der Waals surface area contributed by atoms with Crippen molar-refractivity contribution in [1.29, 1.82) is 0 Å². The normalized spacial score (nSPS) is 30.6. The number of nitrogens with zero attached hydrogens (tertiary/aromatic N) is 1. The van der Waals surface area contributed by atoms with Crippen molar-refractivity contribution in [2.45, 2.75) is 39.0 Å². The summed E-state index contributed by atoms with van der Waals surface area (Å²) in [6.07, 6.45) is 8.27. The summed E-state index contributed by atoms with van der Waals surface area (Å²) in [6.45, 7) is 3.78. The van der Waals surface area contributed by atoms with Crippen LogP contribution in [-0.2, 0) is 9.59 Å². The molecule has 0 saturated carbocycles. The smallest absolute Gasteiger partial charge is 0.307 e. The largest absolute Gasteiger partial charge is 0.481 e. The molecule has 0 spiro atoms. The number of hydrogen-bond donors (Lipinski definition) is 1. The molecule has 19 heavy (non-hydrogen) atoms. The molecule has 0 aromatic rings. The standard InChI is InChI=1S/C15H23NO3/c1-2-5-11-8-9-16(10-11)14(17)12-6-3-4-7-13(12)15(18)19/h3-4,11-13H,2,5-10H2,1H3,(H,18,19). The molecule has 1 fully saturated rings. The van der Waals surface area contributed by atoms with Gasteiger partial charge in [-0.1, -0.05) is 25.5 Å². The van der Waals surface area contributed by atoms with Crippen molar-refractivity contribution < 1.29 is 14.7 Å². The Hall–Kier alpha value is -1.32. The van der Waals surface area contributed by atoms with E-state index in [9.17, 15) is 14.7 Å². The van der Waals surface area contributed by atoms with Crippen LogP contribution in [0.1, 0.15) is 39.0 Å². The number of carbonyl (C=O) groups excluding carboxylic acids is 1. The van der Waals surface area contributed by atoms with Gasteiger partial charge in [0.1, 0.15) is 0 Å². The lowest BCUT2D eigenvalue weighted by Crippen LogP contribution is -2.40. The Morgan fingerprint density at radius 3 is 2.58 bits per heavy atom. The maximum absolute atomic E-state index is 12.5. The van der Waals surface area contributed by atoms with Crippen molar-refractivity contribution in [2.24, 2.45) is 17.8 Å². The molecule has 1 heterocycles. The number of aliphatic carboxylic acids is 1. The van der Waals surface area contributed by atoms with Gasteiger partial charge in [-0.2, -0.15) is 0 Å². The molecule has 1 saturated heterocycles. The molecule has 1 N–H and O–H groups in total. The molecule has 4 heteroatoms. The van der Waals surface area contributed by atoms with Gasteiger partial charge in [-0.05, 0) is 31.6 Å². The minimum Gasteiger partial charge on any atom is -0.481 e. The molecule has 0 aromatic carbocycles. The van der Waals surface area contributed by atoms with E-state index >= 15 is 0 Å². The maximum Gasteiger partial charge on any atom is 0.307 e. The lowest BCUT2D eigenvalue weighted by molar-refractivity contribution is -0.150. The zero-order valence-corrected chi connectivity index (χ0v) is 11.5. The fourth-order valence-corrected chi connectivity index (χ4v) is 3.27. The van der Waals surface area contributed by atoms with Crippen molar-refractivity contribution in [1.82, 2.24) is 4.90 Å². The molecule has 3 atom stereocenters. The average Bonchev–Trinajstić information content (AvgIpc) is 2.87. The van der Waals surface area contributed by atoms with Gasteiger partial charge in [0.2, 0.25) is 5.91 Å². The predicted molar refractivity (Wildman–Crippen MR) is 72.6 cm³/mol. The predicted octanol–water partition coefficient (Wildman–Crippen LogP) is 2.30. The third-order valence-corrected chi connectivity index (χ3v) is 4.36. The Balaban J connectivity index is 1.99. The van der Waals surface area contributed by atoms with Crippen LogP contribution >= 0.6 is 0 Å². The van der Waals surface area contributed by atoms with E-state index in [-0.39, 0.29) is 11.8 Å². The van der Waals surface area contributed by atoms with Crippen LogP contribution < -0.4 is 0 Å². The topological polar surface area (TPSA) is 57.6 Å². The van der Waals surface area contributed by atoms with E-state index in [1.54, 1.807) is 0 Å². The summed E-state index contributed by atoms with van der Waals surface area (Å²) < 4.78 is 0. The molecule has 106 valence electrons. The number of carboxylic acids is 1.